The number of hydrogen-bond acceptors (Lipinski definition) is 5. The van der Waals surface area contributed by atoms with E-state index in [1.54, 1.807) is 18.2 Å². The molecule has 1 aromatic heterocycles. The van der Waals surface area contributed by atoms with Crippen LogP contribution in [0.1, 0.15) is 21.9 Å². The van der Waals surface area contributed by atoms with Crippen molar-refractivity contribution < 1.29 is 18.7 Å². The van der Waals surface area contributed by atoms with Crippen LogP contribution >= 0.6 is 11.6 Å². The zero-order valence-electron chi connectivity index (χ0n) is 16.4. The molecule has 0 aliphatic carbocycles. The Morgan fingerprint density at radius 2 is 1.87 bits per heavy atom. The summed E-state index contributed by atoms with van der Waals surface area (Å²) in [6, 6.07) is 18.5. The van der Waals surface area contributed by atoms with Crippen molar-refractivity contribution in [3.63, 3.8) is 0 Å². The molecule has 0 spiro atoms. The molecule has 0 bridgehead atoms. The maximum Gasteiger partial charge on any atom is 0.185 e. The molecule has 30 heavy (non-hydrogen) atoms. The summed E-state index contributed by atoms with van der Waals surface area (Å²) in [5.41, 5.74) is 1.74. The Hall–Kier alpha value is -3.02. The molecule has 4 rings (SSSR count). The quantitative estimate of drug-likeness (QED) is 0.384. The number of benzene rings is 2. The van der Waals surface area contributed by atoms with Gasteiger partial charge in [0, 0.05) is 29.4 Å². The van der Waals surface area contributed by atoms with Crippen LogP contribution < -0.4 is 9.64 Å². The number of ketones is 1. The number of nitrogens with zero attached hydrogens (tertiary/aromatic N) is 1. The second-order valence-electron chi connectivity index (χ2n) is 6.89. The monoisotopic (exact) mass is 423 g/mol. The fourth-order valence-corrected chi connectivity index (χ4v) is 3.37. The Morgan fingerprint density at radius 3 is 2.63 bits per heavy atom. The molecule has 6 heteroatoms. The zero-order chi connectivity index (χ0) is 20.8. The number of morpholine rings is 1. The largest absolute Gasteiger partial charge is 0.486 e. The molecule has 2 heterocycles. The van der Waals surface area contributed by atoms with E-state index in [0.29, 0.717) is 27.9 Å². The summed E-state index contributed by atoms with van der Waals surface area (Å²) >= 11 is 5.95. The summed E-state index contributed by atoms with van der Waals surface area (Å²) in [4.78, 5) is 14.7. The first kappa shape index (κ1) is 20.3. The van der Waals surface area contributed by atoms with Gasteiger partial charge in [-0.2, -0.15) is 0 Å². The van der Waals surface area contributed by atoms with Crippen LogP contribution in [0.15, 0.2) is 71.2 Å². The molecule has 0 atom stereocenters. The second kappa shape index (κ2) is 9.65. The first-order chi connectivity index (χ1) is 14.7. The summed E-state index contributed by atoms with van der Waals surface area (Å²) in [7, 11) is 0. The molecule has 3 aromatic rings. The van der Waals surface area contributed by atoms with E-state index < -0.39 is 0 Å². The average Bonchev–Trinajstić information content (AvgIpc) is 3.25. The maximum absolute atomic E-state index is 12.5. The number of hydrogen-bond donors (Lipinski definition) is 0. The Kier molecular flexibility index (Phi) is 6.52. The number of anilines is 1. The van der Waals surface area contributed by atoms with Crippen LogP contribution in [0.3, 0.4) is 0 Å². The van der Waals surface area contributed by atoms with Gasteiger partial charge < -0.3 is 18.8 Å². The molecule has 1 fully saturated rings. The fourth-order valence-electron chi connectivity index (χ4n) is 3.19. The van der Waals surface area contributed by atoms with Gasteiger partial charge in [0.2, 0.25) is 0 Å². The van der Waals surface area contributed by atoms with Gasteiger partial charge in [-0.05, 0) is 66.7 Å². The van der Waals surface area contributed by atoms with Crippen LogP contribution in [0.5, 0.6) is 5.75 Å². The molecule has 0 radical (unpaired) electrons. The predicted octanol–water partition coefficient (Wildman–Crippen LogP) is 5.24. The molecule has 154 valence electrons. The minimum absolute atomic E-state index is 0.0725. The summed E-state index contributed by atoms with van der Waals surface area (Å²) < 4.78 is 16.7. The normalized spacial score (nSPS) is 14.2. The van der Waals surface area contributed by atoms with Crippen LogP contribution in [0.4, 0.5) is 5.69 Å². The van der Waals surface area contributed by atoms with Crippen molar-refractivity contribution in [1.82, 2.24) is 0 Å². The van der Waals surface area contributed by atoms with Gasteiger partial charge in [0.15, 0.2) is 5.78 Å². The first-order valence-electron chi connectivity index (χ1n) is 9.80. The van der Waals surface area contributed by atoms with Crippen molar-refractivity contribution in [3.05, 3.63) is 88.8 Å². The molecule has 2 aromatic carbocycles. The van der Waals surface area contributed by atoms with Gasteiger partial charge in [0.05, 0.1) is 13.2 Å². The number of furan rings is 1. The van der Waals surface area contributed by atoms with E-state index in [4.69, 9.17) is 25.5 Å². The number of halogens is 1. The third-order valence-electron chi connectivity index (χ3n) is 4.79. The van der Waals surface area contributed by atoms with Gasteiger partial charge in [0.25, 0.3) is 0 Å². The van der Waals surface area contributed by atoms with Crippen LogP contribution in [0.25, 0.3) is 6.08 Å². The van der Waals surface area contributed by atoms with Gasteiger partial charge in [-0.1, -0.05) is 17.7 Å². The van der Waals surface area contributed by atoms with Crippen molar-refractivity contribution in [3.8, 4) is 5.75 Å². The van der Waals surface area contributed by atoms with Crippen molar-refractivity contribution >= 4 is 29.1 Å². The van der Waals surface area contributed by atoms with E-state index >= 15 is 0 Å². The van der Waals surface area contributed by atoms with E-state index in [2.05, 4.69) is 4.90 Å². The van der Waals surface area contributed by atoms with Gasteiger partial charge in [-0.3, -0.25) is 4.79 Å². The molecule has 0 amide bonds. The maximum atomic E-state index is 12.5. The lowest BCUT2D eigenvalue weighted by Crippen LogP contribution is -2.36. The summed E-state index contributed by atoms with van der Waals surface area (Å²) in [6.45, 7) is 3.49. The van der Waals surface area contributed by atoms with E-state index in [9.17, 15) is 4.79 Å². The molecule has 0 unspecified atom stereocenters. The summed E-state index contributed by atoms with van der Waals surface area (Å²) in [5.74, 6) is 1.86. The average molecular weight is 424 g/mol. The molecule has 0 saturated carbocycles. The number of carbonyl (C=O) groups is 1. The minimum Gasteiger partial charge on any atom is -0.486 e. The Bertz CT molecular complexity index is 1020. The van der Waals surface area contributed by atoms with Crippen LogP contribution in [0.2, 0.25) is 5.02 Å². The number of allylic oxidation sites excluding steroid dienone is 1. The minimum atomic E-state index is -0.0725. The highest BCUT2D eigenvalue weighted by Crippen LogP contribution is 2.20. The highest BCUT2D eigenvalue weighted by molar-refractivity contribution is 6.30. The highest BCUT2D eigenvalue weighted by atomic mass is 35.5. The second-order valence-corrected chi connectivity index (χ2v) is 7.33. The molecule has 1 aliphatic heterocycles. The molecule has 1 aliphatic rings. The third-order valence-corrected chi connectivity index (χ3v) is 5.02. The smallest absolute Gasteiger partial charge is 0.185 e. The van der Waals surface area contributed by atoms with Crippen LogP contribution in [-0.2, 0) is 11.3 Å². The lowest BCUT2D eigenvalue weighted by molar-refractivity contribution is 0.104. The lowest BCUT2D eigenvalue weighted by Gasteiger charge is -2.28. The Labute approximate surface area is 180 Å². The lowest BCUT2D eigenvalue weighted by atomic mass is 10.1. The number of rotatable bonds is 7. The summed E-state index contributed by atoms with van der Waals surface area (Å²) in [5, 5.41) is 0.618. The SMILES string of the molecule is O=C(/C=C/c1ccc(COc2cccc(Cl)c2)o1)c1ccc(N2CCOCC2)cc1. The Balaban J connectivity index is 1.32. The van der Waals surface area contributed by atoms with E-state index in [-0.39, 0.29) is 12.4 Å². The third kappa shape index (κ3) is 5.32. The van der Waals surface area contributed by atoms with Crippen molar-refractivity contribution in [2.75, 3.05) is 31.2 Å². The van der Waals surface area contributed by atoms with Gasteiger partial charge in [0.1, 0.15) is 23.9 Å². The van der Waals surface area contributed by atoms with Crippen molar-refractivity contribution in [2.45, 2.75) is 6.61 Å². The molecule has 5 nitrogen and oxygen atoms in total. The van der Waals surface area contributed by atoms with E-state index in [1.807, 2.05) is 48.5 Å². The summed E-state index contributed by atoms with van der Waals surface area (Å²) in [6.07, 6.45) is 3.19. The predicted molar refractivity (Wildman–Crippen MR) is 117 cm³/mol. The van der Waals surface area contributed by atoms with Gasteiger partial charge in [-0.15, -0.1) is 0 Å². The first-order valence-corrected chi connectivity index (χ1v) is 10.2. The zero-order valence-corrected chi connectivity index (χ0v) is 17.2. The van der Waals surface area contributed by atoms with Crippen LogP contribution in [0, 0.1) is 0 Å². The number of ether oxygens (including phenoxy) is 2. The Morgan fingerprint density at radius 1 is 1.07 bits per heavy atom. The van der Waals surface area contributed by atoms with E-state index in [0.717, 1.165) is 32.0 Å². The van der Waals surface area contributed by atoms with Gasteiger partial charge in [-0.25, -0.2) is 0 Å². The molecule has 0 N–H and O–H groups in total. The van der Waals surface area contributed by atoms with Crippen LogP contribution in [-0.4, -0.2) is 32.1 Å². The molecule has 1 saturated heterocycles. The molecular formula is C24H22ClNO4. The molecular weight excluding hydrogens is 402 g/mol. The fraction of sp³-hybridized carbons (Fsp3) is 0.208. The topological polar surface area (TPSA) is 51.9 Å². The van der Waals surface area contributed by atoms with E-state index in [1.165, 1.54) is 6.08 Å². The highest BCUT2D eigenvalue weighted by Gasteiger charge is 2.11. The van der Waals surface area contributed by atoms with Crippen molar-refractivity contribution in [1.29, 1.82) is 0 Å². The standard InChI is InChI=1S/C24H22ClNO4/c25-19-2-1-3-22(16-19)29-17-23-9-8-21(30-23)10-11-24(27)18-4-6-20(7-5-18)26-12-14-28-15-13-26/h1-11,16H,12-15,17H2/b11-10+. The van der Waals surface area contributed by atoms with Crippen molar-refractivity contribution in [2.24, 2.45) is 0 Å². The number of carbonyl (C=O) groups excluding carboxylic acids is 1. The van der Waals surface area contributed by atoms with Gasteiger partial charge >= 0.3 is 0 Å².